The third-order valence-electron chi connectivity index (χ3n) is 5.91. The largest absolute Gasteiger partial charge is 0.419 e. The number of ether oxygens (including phenoxy) is 1. The van der Waals surface area contributed by atoms with Crippen molar-refractivity contribution in [1.29, 1.82) is 0 Å². The lowest BCUT2D eigenvalue weighted by atomic mass is 9.87. The Kier molecular flexibility index (Phi) is 5.69. The van der Waals surface area contributed by atoms with Crippen LogP contribution in [0.1, 0.15) is 11.1 Å². The Bertz CT molecular complexity index is 1380. The van der Waals surface area contributed by atoms with Gasteiger partial charge in [-0.2, -0.15) is 0 Å². The van der Waals surface area contributed by atoms with Gasteiger partial charge >= 0.3 is 6.09 Å². The molecule has 2 heterocycles. The molecule has 2 atom stereocenters. The number of cyclic esters (lactones) is 1. The van der Waals surface area contributed by atoms with Crippen molar-refractivity contribution in [1.82, 2.24) is 10.6 Å². The number of fused-ring (bicyclic) bond motifs is 1. The minimum Gasteiger partial charge on any atom is -0.404 e. The van der Waals surface area contributed by atoms with Crippen LogP contribution in [0.15, 0.2) is 96.3 Å². The lowest BCUT2D eigenvalue weighted by molar-refractivity contribution is -0.116. The second-order valence-electron chi connectivity index (χ2n) is 8.14. The molecular formula is C27H21FN2O4. The first kappa shape index (κ1) is 21.6. The number of alkyl carbamates (subject to hydrolysis) is 1. The summed E-state index contributed by atoms with van der Waals surface area (Å²) in [6.45, 7) is 0. The second kappa shape index (κ2) is 8.96. The lowest BCUT2D eigenvalue weighted by Crippen LogP contribution is -2.34. The lowest BCUT2D eigenvalue weighted by Gasteiger charge is -2.28. The van der Waals surface area contributed by atoms with E-state index < -0.39 is 24.1 Å². The van der Waals surface area contributed by atoms with Gasteiger partial charge in [-0.3, -0.25) is 10.1 Å². The molecule has 170 valence electrons. The minimum absolute atomic E-state index is 0.0983. The standard InChI is InChI=1S/C27H21FN2O4/c28-22-8-4-7-17-9-10-18(14-21(17)22)23-12-11-20(25(31)29-23)19(13-16-5-2-1-3-6-16)15-24-26(32)30-27(33)34-24/h1-12,14-15,19,25,29,31H,13H2,(H,30,32,33)/b24-15+. The summed E-state index contributed by atoms with van der Waals surface area (Å²) in [5, 5.41) is 17.4. The summed E-state index contributed by atoms with van der Waals surface area (Å²) < 4.78 is 19.3. The molecule has 6 nitrogen and oxygen atoms in total. The second-order valence-corrected chi connectivity index (χ2v) is 8.14. The fourth-order valence-corrected chi connectivity index (χ4v) is 4.22. The smallest absolute Gasteiger partial charge is 0.404 e. The number of carbonyl (C=O) groups is 2. The normalized spacial score (nSPS) is 19.8. The molecule has 0 aromatic heterocycles. The summed E-state index contributed by atoms with van der Waals surface area (Å²) in [6, 6.07) is 19.9. The van der Waals surface area contributed by atoms with Crippen LogP contribution >= 0.6 is 0 Å². The van der Waals surface area contributed by atoms with Crippen LogP contribution in [0.3, 0.4) is 0 Å². The molecule has 3 aromatic carbocycles. The van der Waals surface area contributed by atoms with E-state index >= 15 is 0 Å². The van der Waals surface area contributed by atoms with E-state index in [9.17, 15) is 19.1 Å². The molecule has 1 saturated heterocycles. The van der Waals surface area contributed by atoms with Gasteiger partial charge in [-0.25, -0.2) is 9.18 Å². The molecular weight excluding hydrogens is 435 g/mol. The van der Waals surface area contributed by atoms with Crippen LogP contribution in [0.4, 0.5) is 9.18 Å². The quantitative estimate of drug-likeness (QED) is 0.502. The number of dihydropyridines is 1. The van der Waals surface area contributed by atoms with Gasteiger partial charge in [0.15, 0.2) is 5.76 Å². The molecule has 0 saturated carbocycles. The number of halogens is 1. The van der Waals surface area contributed by atoms with E-state index in [4.69, 9.17) is 4.74 Å². The number of hydrogen-bond acceptors (Lipinski definition) is 5. The Morgan fingerprint density at radius 2 is 1.85 bits per heavy atom. The summed E-state index contributed by atoms with van der Waals surface area (Å²) in [5.41, 5.74) is 2.95. The molecule has 2 unspecified atom stereocenters. The monoisotopic (exact) mass is 456 g/mol. The molecule has 0 spiro atoms. The van der Waals surface area contributed by atoms with E-state index in [1.54, 1.807) is 30.4 Å². The van der Waals surface area contributed by atoms with Gasteiger partial charge in [-0.1, -0.05) is 60.7 Å². The van der Waals surface area contributed by atoms with Crippen molar-refractivity contribution in [2.24, 2.45) is 5.92 Å². The van der Waals surface area contributed by atoms with Crippen LogP contribution in [-0.4, -0.2) is 23.3 Å². The molecule has 2 aliphatic heterocycles. The van der Waals surface area contributed by atoms with Crippen LogP contribution in [0.5, 0.6) is 0 Å². The Hall–Kier alpha value is -4.23. The Balaban J connectivity index is 1.50. The van der Waals surface area contributed by atoms with Gasteiger partial charge < -0.3 is 15.2 Å². The summed E-state index contributed by atoms with van der Waals surface area (Å²) in [6.07, 6.45) is 3.72. The summed E-state index contributed by atoms with van der Waals surface area (Å²) in [5.74, 6) is -1.45. The van der Waals surface area contributed by atoms with Gasteiger partial charge in [0, 0.05) is 17.0 Å². The maximum Gasteiger partial charge on any atom is 0.419 e. The molecule has 3 N–H and O–H groups in total. The molecule has 0 radical (unpaired) electrons. The van der Waals surface area contributed by atoms with Crippen molar-refractivity contribution < 1.29 is 23.8 Å². The zero-order valence-corrected chi connectivity index (χ0v) is 18.0. The van der Waals surface area contributed by atoms with Crippen molar-refractivity contribution in [3.05, 3.63) is 113 Å². The molecule has 34 heavy (non-hydrogen) atoms. The van der Waals surface area contributed by atoms with Crippen LogP contribution in [0.25, 0.3) is 16.5 Å². The van der Waals surface area contributed by atoms with Gasteiger partial charge in [0.2, 0.25) is 0 Å². The van der Waals surface area contributed by atoms with E-state index in [0.29, 0.717) is 23.1 Å². The predicted molar refractivity (Wildman–Crippen MR) is 125 cm³/mol. The molecule has 1 fully saturated rings. The van der Waals surface area contributed by atoms with E-state index in [1.807, 2.05) is 48.5 Å². The average Bonchev–Trinajstić information content (AvgIpc) is 3.15. The summed E-state index contributed by atoms with van der Waals surface area (Å²) in [4.78, 5) is 23.5. The Labute approximate surface area is 195 Å². The third-order valence-corrected chi connectivity index (χ3v) is 5.91. The van der Waals surface area contributed by atoms with Crippen molar-refractivity contribution in [2.75, 3.05) is 0 Å². The maximum absolute atomic E-state index is 14.3. The maximum atomic E-state index is 14.3. The van der Waals surface area contributed by atoms with Gasteiger partial charge in [0.05, 0.1) is 0 Å². The highest BCUT2D eigenvalue weighted by atomic mass is 19.1. The van der Waals surface area contributed by atoms with E-state index in [2.05, 4.69) is 10.6 Å². The fourth-order valence-electron chi connectivity index (χ4n) is 4.22. The Morgan fingerprint density at radius 3 is 2.59 bits per heavy atom. The van der Waals surface area contributed by atoms with E-state index in [0.717, 1.165) is 16.5 Å². The van der Waals surface area contributed by atoms with Crippen molar-refractivity contribution >= 4 is 28.5 Å². The highest BCUT2D eigenvalue weighted by Crippen LogP contribution is 2.30. The number of allylic oxidation sites excluding steroid dienone is 3. The van der Waals surface area contributed by atoms with Crippen LogP contribution in [0, 0.1) is 11.7 Å². The first-order valence-electron chi connectivity index (χ1n) is 10.8. The van der Waals surface area contributed by atoms with E-state index in [-0.39, 0.29) is 11.6 Å². The SMILES string of the molecule is O=C1NC(=O)/C(=C\C(Cc2ccccc2)C2=CC=C(c3ccc4cccc(F)c4c3)NC2O)O1. The molecule has 7 heteroatoms. The average molecular weight is 456 g/mol. The number of amides is 2. The molecule has 5 rings (SSSR count). The first-order valence-corrected chi connectivity index (χ1v) is 10.8. The van der Waals surface area contributed by atoms with Crippen LogP contribution < -0.4 is 10.6 Å². The van der Waals surface area contributed by atoms with Crippen molar-refractivity contribution in [2.45, 2.75) is 12.6 Å². The highest BCUT2D eigenvalue weighted by Gasteiger charge is 2.30. The number of imide groups is 1. The van der Waals surface area contributed by atoms with Gasteiger partial charge in [0.1, 0.15) is 12.0 Å². The zero-order chi connectivity index (χ0) is 23.7. The van der Waals surface area contributed by atoms with Gasteiger partial charge in [0.25, 0.3) is 5.91 Å². The summed E-state index contributed by atoms with van der Waals surface area (Å²) in [7, 11) is 0. The third kappa shape index (κ3) is 4.33. The Morgan fingerprint density at radius 1 is 1.03 bits per heavy atom. The number of nitrogens with one attached hydrogen (secondary N) is 2. The molecule has 0 aliphatic carbocycles. The fraction of sp³-hybridized carbons (Fsp3) is 0.111. The number of hydrogen-bond donors (Lipinski definition) is 3. The van der Waals surface area contributed by atoms with Gasteiger partial charge in [-0.15, -0.1) is 0 Å². The van der Waals surface area contributed by atoms with Crippen LogP contribution in [0.2, 0.25) is 0 Å². The predicted octanol–water partition coefficient (Wildman–Crippen LogP) is 4.18. The zero-order valence-electron chi connectivity index (χ0n) is 18.0. The molecule has 3 aromatic rings. The number of aliphatic hydroxyl groups is 1. The van der Waals surface area contributed by atoms with Crippen LogP contribution in [-0.2, 0) is 16.0 Å². The minimum atomic E-state index is -1.07. The number of rotatable bonds is 5. The summed E-state index contributed by atoms with van der Waals surface area (Å²) >= 11 is 0. The van der Waals surface area contributed by atoms with Crippen molar-refractivity contribution in [3.63, 3.8) is 0 Å². The molecule has 2 amide bonds. The number of aliphatic hydroxyl groups excluding tert-OH is 1. The number of benzene rings is 3. The van der Waals surface area contributed by atoms with Crippen molar-refractivity contribution in [3.8, 4) is 0 Å². The molecule has 0 bridgehead atoms. The first-order chi connectivity index (χ1) is 16.5. The molecule has 2 aliphatic rings. The number of carbonyl (C=O) groups excluding carboxylic acids is 2. The van der Waals surface area contributed by atoms with E-state index in [1.165, 1.54) is 6.07 Å². The highest BCUT2D eigenvalue weighted by molar-refractivity contribution is 6.07. The topological polar surface area (TPSA) is 87.7 Å². The van der Waals surface area contributed by atoms with Gasteiger partial charge in [-0.05, 0) is 52.8 Å².